The van der Waals surface area contributed by atoms with Crippen molar-refractivity contribution in [3.05, 3.63) is 0 Å². The summed E-state index contributed by atoms with van der Waals surface area (Å²) < 4.78 is 18.3. The molecule has 2 saturated heterocycles. The standard InChI is InChI=1S/C20H36O4/c1-10-12(3)17(8)23-18(13(10)4)9-22-20-15(6)11(2)14(5)19(24-20)16(7)21/h10-15,17-20H,9H2,1-8H3/t10-,11+,12?,13+,14+,15?,17+,18?,19?,20+/m1/s1. The van der Waals surface area contributed by atoms with Crippen molar-refractivity contribution in [3.8, 4) is 0 Å². The zero-order valence-corrected chi connectivity index (χ0v) is 16.6. The minimum atomic E-state index is -0.358. The van der Waals surface area contributed by atoms with Crippen LogP contribution in [0.2, 0.25) is 0 Å². The van der Waals surface area contributed by atoms with Crippen LogP contribution < -0.4 is 0 Å². The maximum atomic E-state index is 11.9. The Kier molecular flexibility index (Phi) is 6.49. The molecular weight excluding hydrogens is 304 g/mol. The summed E-state index contributed by atoms with van der Waals surface area (Å²) in [6, 6.07) is 0. The van der Waals surface area contributed by atoms with Crippen molar-refractivity contribution in [2.75, 3.05) is 6.61 Å². The molecule has 10 atom stereocenters. The van der Waals surface area contributed by atoms with Gasteiger partial charge in [0.15, 0.2) is 12.1 Å². The molecule has 0 aromatic carbocycles. The SMILES string of the molecule is CC(=O)C1O[C@H](OCC2O[C@@H](C)C(C)[C@@H](C)[C@@H]2C)C(C)[C@@H](C)[C@@H]1C. The largest absolute Gasteiger partial charge is 0.372 e. The van der Waals surface area contributed by atoms with Gasteiger partial charge in [0.25, 0.3) is 0 Å². The third-order valence-corrected chi connectivity index (χ3v) is 7.05. The van der Waals surface area contributed by atoms with Gasteiger partial charge in [-0.3, -0.25) is 4.79 Å². The molecule has 24 heavy (non-hydrogen) atoms. The number of Topliss-reactive ketones (excluding diaryl/α,β-unsaturated/α-hetero) is 1. The number of rotatable bonds is 4. The molecule has 0 amide bonds. The zero-order valence-electron chi connectivity index (χ0n) is 16.6. The Hall–Kier alpha value is -0.450. The predicted octanol–water partition coefficient (Wildman–Crippen LogP) is 3.92. The zero-order chi connectivity index (χ0) is 18.2. The molecule has 4 heteroatoms. The number of hydrogen-bond acceptors (Lipinski definition) is 4. The minimum Gasteiger partial charge on any atom is -0.372 e. The summed E-state index contributed by atoms with van der Waals surface area (Å²) >= 11 is 0. The molecule has 2 heterocycles. The van der Waals surface area contributed by atoms with Crippen molar-refractivity contribution < 1.29 is 19.0 Å². The second kappa shape index (κ2) is 7.84. The van der Waals surface area contributed by atoms with Crippen molar-refractivity contribution in [3.63, 3.8) is 0 Å². The minimum absolute atomic E-state index is 0.0902. The third kappa shape index (κ3) is 3.86. The van der Waals surface area contributed by atoms with Gasteiger partial charge in [-0.1, -0.05) is 41.5 Å². The van der Waals surface area contributed by atoms with Crippen LogP contribution in [0.4, 0.5) is 0 Å². The van der Waals surface area contributed by atoms with Gasteiger partial charge in [0.1, 0.15) is 6.10 Å². The first-order valence-electron chi connectivity index (χ1n) is 9.58. The van der Waals surface area contributed by atoms with Crippen LogP contribution in [0.5, 0.6) is 0 Å². The molecule has 2 fully saturated rings. The van der Waals surface area contributed by atoms with Gasteiger partial charge in [-0.05, 0) is 43.4 Å². The molecular formula is C20H36O4. The summed E-state index contributed by atoms with van der Waals surface area (Å²) in [5.41, 5.74) is 0. The van der Waals surface area contributed by atoms with E-state index in [1.54, 1.807) is 6.92 Å². The average Bonchev–Trinajstić information content (AvgIpc) is 2.54. The second-order valence-electron chi connectivity index (χ2n) is 8.40. The predicted molar refractivity (Wildman–Crippen MR) is 94.6 cm³/mol. The van der Waals surface area contributed by atoms with Crippen LogP contribution in [0.15, 0.2) is 0 Å². The summed E-state index contributed by atoms with van der Waals surface area (Å²) in [5.74, 6) is 2.59. The van der Waals surface area contributed by atoms with Gasteiger partial charge in [-0.25, -0.2) is 0 Å². The van der Waals surface area contributed by atoms with Crippen molar-refractivity contribution in [1.82, 2.24) is 0 Å². The fourth-order valence-electron chi connectivity index (χ4n) is 4.20. The Morgan fingerprint density at radius 3 is 1.96 bits per heavy atom. The topological polar surface area (TPSA) is 44.8 Å². The summed E-state index contributed by atoms with van der Waals surface area (Å²) in [6.45, 7) is 17.5. The molecule has 2 rings (SSSR count). The van der Waals surface area contributed by atoms with Crippen LogP contribution in [0.25, 0.3) is 0 Å². The summed E-state index contributed by atoms with van der Waals surface area (Å²) in [6.07, 6.45) is -0.347. The van der Waals surface area contributed by atoms with Crippen LogP contribution in [0.3, 0.4) is 0 Å². The van der Waals surface area contributed by atoms with Gasteiger partial charge < -0.3 is 14.2 Å². The van der Waals surface area contributed by atoms with Crippen molar-refractivity contribution >= 4 is 5.78 Å². The Balaban J connectivity index is 1.98. The van der Waals surface area contributed by atoms with Crippen LogP contribution in [-0.2, 0) is 19.0 Å². The van der Waals surface area contributed by atoms with Crippen LogP contribution in [0.1, 0.15) is 55.4 Å². The lowest BCUT2D eigenvalue weighted by Crippen LogP contribution is -2.50. The molecule has 4 unspecified atom stereocenters. The number of carbonyl (C=O) groups is 1. The van der Waals surface area contributed by atoms with E-state index in [1.807, 2.05) is 0 Å². The van der Waals surface area contributed by atoms with Gasteiger partial charge in [0, 0.05) is 5.92 Å². The lowest BCUT2D eigenvalue weighted by atomic mass is 9.77. The van der Waals surface area contributed by atoms with Gasteiger partial charge in [0.05, 0.1) is 18.8 Å². The molecule has 0 spiro atoms. The van der Waals surface area contributed by atoms with Crippen LogP contribution in [0, 0.1) is 35.5 Å². The highest BCUT2D eigenvalue weighted by molar-refractivity contribution is 5.80. The Morgan fingerprint density at radius 1 is 0.792 bits per heavy atom. The van der Waals surface area contributed by atoms with E-state index in [0.717, 1.165) is 0 Å². The molecule has 0 aliphatic carbocycles. The number of hydrogen-bond donors (Lipinski definition) is 0. The Labute approximate surface area is 147 Å². The average molecular weight is 341 g/mol. The third-order valence-electron chi connectivity index (χ3n) is 7.05. The summed E-state index contributed by atoms with van der Waals surface area (Å²) in [4.78, 5) is 11.9. The lowest BCUT2D eigenvalue weighted by molar-refractivity contribution is -0.260. The number of ketones is 1. The molecule has 0 saturated carbocycles. The molecule has 2 aliphatic rings. The van der Waals surface area contributed by atoms with Crippen molar-refractivity contribution in [1.29, 1.82) is 0 Å². The van der Waals surface area contributed by atoms with E-state index in [2.05, 4.69) is 48.5 Å². The maximum absolute atomic E-state index is 11.9. The highest BCUT2D eigenvalue weighted by atomic mass is 16.7. The van der Waals surface area contributed by atoms with Crippen LogP contribution in [-0.4, -0.2) is 37.0 Å². The first kappa shape index (κ1) is 19.9. The van der Waals surface area contributed by atoms with E-state index >= 15 is 0 Å². The molecule has 0 N–H and O–H groups in total. The van der Waals surface area contributed by atoms with E-state index in [0.29, 0.717) is 30.3 Å². The highest BCUT2D eigenvalue weighted by Gasteiger charge is 2.43. The fourth-order valence-corrected chi connectivity index (χ4v) is 4.20. The van der Waals surface area contributed by atoms with Gasteiger partial charge in [-0.15, -0.1) is 0 Å². The normalized spacial score (nSPS) is 49.8. The monoisotopic (exact) mass is 340 g/mol. The quantitative estimate of drug-likeness (QED) is 0.778. The van der Waals surface area contributed by atoms with E-state index in [9.17, 15) is 4.79 Å². The highest BCUT2D eigenvalue weighted by Crippen LogP contribution is 2.38. The van der Waals surface area contributed by atoms with Crippen LogP contribution >= 0.6 is 0 Å². The van der Waals surface area contributed by atoms with Gasteiger partial charge in [0.2, 0.25) is 0 Å². The van der Waals surface area contributed by atoms with E-state index in [-0.39, 0.29) is 42.2 Å². The number of carbonyl (C=O) groups excluding carboxylic acids is 1. The summed E-state index contributed by atoms with van der Waals surface area (Å²) in [7, 11) is 0. The van der Waals surface area contributed by atoms with Crippen molar-refractivity contribution in [2.45, 2.75) is 80.0 Å². The van der Waals surface area contributed by atoms with Gasteiger partial charge >= 0.3 is 0 Å². The fraction of sp³-hybridized carbons (Fsp3) is 0.950. The summed E-state index contributed by atoms with van der Waals surface area (Å²) in [5, 5.41) is 0. The molecule has 140 valence electrons. The molecule has 0 aromatic rings. The first-order chi connectivity index (χ1) is 11.1. The van der Waals surface area contributed by atoms with E-state index in [4.69, 9.17) is 14.2 Å². The maximum Gasteiger partial charge on any atom is 0.161 e. The molecule has 0 radical (unpaired) electrons. The number of ether oxygens (including phenoxy) is 3. The molecule has 0 bridgehead atoms. The lowest BCUT2D eigenvalue weighted by Gasteiger charge is -2.45. The second-order valence-corrected chi connectivity index (χ2v) is 8.40. The Bertz CT molecular complexity index is 437. The van der Waals surface area contributed by atoms with E-state index in [1.165, 1.54) is 0 Å². The molecule has 4 nitrogen and oxygen atoms in total. The van der Waals surface area contributed by atoms with Gasteiger partial charge in [-0.2, -0.15) is 0 Å². The molecule has 2 aliphatic heterocycles. The first-order valence-corrected chi connectivity index (χ1v) is 9.58. The smallest absolute Gasteiger partial charge is 0.161 e. The molecule has 0 aromatic heterocycles. The Morgan fingerprint density at radius 2 is 1.38 bits per heavy atom. The van der Waals surface area contributed by atoms with E-state index < -0.39 is 0 Å². The van der Waals surface area contributed by atoms with Crippen molar-refractivity contribution in [2.24, 2.45) is 35.5 Å².